The smallest absolute Gasteiger partial charge is 0.302 e. The average Bonchev–Trinajstić information content (AvgIpc) is 2.66. The molecule has 2 fully saturated rings. The van der Waals surface area contributed by atoms with Gasteiger partial charge in [0.1, 0.15) is 12.1 Å². The predicted molar refractivity (Wildman–Crippen MR) is 52.3 cm³/mol. The molecule has 2 rings (SSSR count). The Bertz CT molecular complexity index is 342. The van der Waals surface area contributed by atoms with Crippen LogP contribution >= 0.6 is 0 Å². The van der Waals surface area contributed by atoms with Crippen molar-refractivity contribution in [2.45, 2.75) is 38.4 Å². The van der Waals surface area contributed by atoms with Crippen molar-refractivity contribution in [3.05, 3.63) is 10.4 Å². The predicted octanol–water partition coefficient (Wildman–Crippen LogP) is 0.988. The summed E-state index contributed by atoms with van der Waals surface area (Å²) in [6.45, 7) is 3.67. The Balaban J connectivity index is 2.22. The molecular formula is C9H13N3O4. The van der Waals surface area contributed by atoms with Gasteiger partial charge in [-0.25, -0.2) is 0 Å². The summed E-state index contributed by atoms with van der Waals surface area (Å²) in [6, 6.07) is -0.609. The molecule has 7 heteroatoms. The van der Waals surface area contributed by atoms with Gasteiger partial charge in [-0.2, -0.15) is 0 Å². The Hall–Kier alpha value is -1.30. The van der Waals surface area contributed by atoms with Crippen LogP contribution < -0.4 is 0 Å². The molecule has 5 atom stereocenters. The van der Waals surface area contributed by atoms with E-state index in [1.165, 1.54) is 6.92 Å². The fourth-order valence-electron chi connectivity index (χ4n) is 2.12. The van der Waals surface area contributed by atoms with Gasteiger partial charge in [-0.3, -0.25) is 4.79 Å². The van der Waals surface area contributed by atoms with Gasteiger partial charge in [0.2, 0.25) is 0 Å². The maximum atomic E-state index is 11.0. The second-order valence-corrected chi connectivity index (χ2v) is 4.00. The second kappa shape index (κ2) is 4.29. The molecule has 0 radical (unpaired) electrons. The van der Waals surface area contributed by atoms with E-state index in [-0.39, 0.29) is 12.0 Å². The highest BCUT2D eigenvalue weighted by Gasteiger charge is 2.50. The minimum atomic E-state index is -0.609. The molecule has 1 unspecified atom stereocenters. The van der Waals surface area contributed by atoms with Crippen LogP contribution in [0.1, 0.15) is 13.8 Å². The van der Waals surface area contributed by atoms with Gasteiger partial charge in [0, 0.05) is 17.8 Å². The first-order valence-electron chi connectivity index (χ1n) is 5.12. The average molecular weight is 227 g/mol. The molecule has 0 saturated carbocycles. The van der Waals surface area contributed by atoms with Crippen molar-refractivity contribution in [1.82, 2.24) is 0 Å². The molecule has 2 aliphatic heterocycles. The van der Waals surface area contributed by atoms with Gasteiger partial charge < -0.3 is 14.2 Å². The zero-order valence-corrected chi connectivity index (χ0v) is 9.07. The standard InChI is InChI=1S/C9H13N3O4/c1-4-6-3-14-9(16-6)7(11-12-10)8(4)15-5(2)13/h4,6-9H,3H2,1-2H3/t4-,6-,7-,8+,9?/m1/s1. The number of carbonyl (C=O) groups is 1. The van der Waals surface area contributed by atoms with Crippen LogP contribution in [0.5, 0.6) is 0 Å². The lowest BCUT2D eigenvalue weighted by molar-refractivity contribution is -0.180. The first kappa shape index (κ1) is 11.2. The molecule has 0 aromatic heterocycles. The van der Waals surface area contributed by atoms with Crippen molar-refractivity contribution in [1.29, 1.82) is 0 Å². The van der Waals surface area contributed by atoms with E-state index < -0.39 is 24.4 Å². The van der Waals surface area contributed by atoms with Gasteiger partial charge >= 0.3 is 5.97 Å². The maximum Gasteiger partial charge on any atom is 0.302 e. The van der Waals surface area contributed by atoms with Crippen LogP contribution in [0.25, 0.3) is 10.4 Å². The third kappa shape index (κ3) is 1.84. The Morgan fingerprint density at radius 2 is 2.38 bits per heavy atom. The fraction of sp³-hybridized carbons (Fsp3) is 0.889. The van der Waals surface area contributed by atoms with Crippen molar-refractivity contribution in [2.75, 3.05) is 6.61 Å². The lowest BCUT2D eigenvalue weighted by Gasteiger charge is -2.36. The lowest BCUT2D eigenvalue weighted by atomic mass is 9.91. The summed E-state index contributed by atoms with van der Waals surface area (Å²) in [5, 5.41) is 3.60. The highest BCUT2D eigenvalue weighted by atomic mass is 16.7. The summed E-state index contributed by atoms with van der Waals surface area (Å²) in [7, 11) is 0. The molecule has 2 heterocycles. The van der Waals surface area contributed by atoms with Crippen LogP contribution in [0.15, 0.2) is 5.11 Å². The number of ether oxygens (including phenoxy) is 3. The number of fused-ring (bicyclic) bond motifs is 2. The van der Waals surface area contributed by atoms with Gasteiger partial charge in [-0.15, -0.1) is 0 Å². The van der Waals surface area contributed by atoms with Gasteiger partial charge in [-0.05, 0) is 5.53 Å². The quantitative estimate of drug-likeness (QED) is 0.304. The van der Waals surface area contributed by atoms with Crippen LogP contribution in [0, 0.1) is 5.92 Å². The maximum absolute atomic E-state index is 11.0. The van der Waals surface area contributed by atoms with E-state index in [2.05, 4.69) is 10.0 Å². The van der Waals surface area contributed by atoms with E-state index in [1.54, 1.807) is 0 Å². The Labute approximate surface area is 92.3 Å². The largest absolute Gasteiger partial charge is 0.462 e. The Morgan fingerprint density at radius 3 is 3.00 bits per heavy atom. The van der Waals surface area contributed by atoms with E-state index >= 15 is 0 Å². The minimum absolute atomic E-state index is 0.0434. The van der Waals surface area contributed by atoms with E-state index in [1.807, 2.05) is 6.92 Å². The van der Waals surface area contributed by atoms with Crippen LogP contribution in [-0.4, -0.2) is 37.1 Å². The third-order valence-corrected chi connectivity index (χ3v) is 2.94. The van der Waals surface area contributed by atoms with Gasteiger partial charge in [-0.1, -0.05) is 12.0 Å². The first-order chi connectivity index (χ1) is 7.63. The zero-order chi connectivity index (χ0) is 11.7. The normalized spacial score (nSPS) is 41.2. The number of hydrogen-bond donors (Lipinski definition) is 0. The third-order valence-electron chi connectivity index (χ3n) is 2.94. The highest BCUT2D eigenvalue weighted by Crippen LogP contribution is 2.35. The number of esters is 1. The number of azide groups is 1. The summed E-state index contributed by atoms with van der Waals surface area (Å²) in [4.78, 5) is 13.7. The summed E-state index contributed by atoms with van der Waals surface area (Å²) in [5.74, 6) is -0.436. The van der Waals surface area contributed by atoms with E-state index in [0.29, 0.717) is 6.61 Å². The Kier molecular flexibility index (Phi) is 3.00. The number of carbonyl (C=O) groups excluding carboxylic acids is 1. The number of rotatable bonds is 2. The van der Waals surface area contributed by atoms with Crippen LogP contribution in [0.3, 0.4) is 0 Å². The van der Waals surface area contributed by atoms with Crippen molar-refractivity contribution < 1.29 is 19.0 Å². The van der Waals surface area contributed by atoms with E-state index in [9.17, 15) is 4.79 Å². The molecule has 7 nitrogen and oxygen atoms in total. The van der Waals surface area contributed by atoms with Crippen LogP contribution in [0.2, 0.25) is 0 Å². The van der Waals surface area contributed by atoms with Crippen LogP contribution in [0.4, 0.5) is 0 Å². The van der Waals surface area contributed by atoms with Gasteiger partial charge in [0.15, 0.2) is 6.29 Å². The van der Waals surface area contributed by atoms with Crippen molar-refractivity contribution in [3.63, 3.8) is 0 Å². The molecule has 0 spiro atoms. The minimum Gasteiger partial charge on any atom is -0.462 e. The second-order valence-electron chi connectivity index (χ2n) is 4.00. The van der Waals surface area contributed by atoms with Crippen molar-refractivity contribution in [3.8, 4) is 0 Å². The molecular weight excluding hydrogens is 214 g/mol. The highest BCUT2D eigenvalue weighted by molar-refractivity contribution is 5.66. The number of hydrogen-bond acceptors (Lipinski definition) is 5. The SMILES string of the molecule is CC(=O)O[C@H]1[C@H](C)[C@H]2COC(O2)[C@@H]1N=[N+]=[N-]. The van der Waals surface area contributed by atoms with E-state index in [0.717, 1.165) is 0 Å². The molecule has 0 aromatic carbocycles. The molecule has 0 amide bonds. The molecule has 0 aromatic rings. The lowest BCUT2D eigenvalue weighted by Crippen LogP contribution is -2.50. The topological polar surface area (TPSA) is 93.5 Å². The summed E-state index contributed by atoms with van der Waals surface area (Å²) in [5.41, 5.74) is 8.49. The molecule has 16 heavy (non-hydrogen) atoms. The molecule has 2 aliphatic rings. The zero-order valence-electron chi connectivity index (χ0n) is 9.07. The van der Waals surface area contributed by atoms with E-state index in [4.69, 9.17) is 19.7 Å². The molecule has 2 bridgehead atoms. The summed E-state index contributed by atoms with van der Waals surface area (Å²) < 4.78 is 16.0. The van der Waals surface area contributed by atoms with Gasteiger partial charge in [0.05, 0.1) is 12.7 Å². The molecule has 0 aliphatic carbocycles. The molecule has 2 saturated heterocycles. The van der Waals surface area contributed by atoms with Crippen molar-refractivity contribution >= 4 is 5.97 Å². The fourth-order valence-corrected chi connectivity index (χ4v) is 2.12. The van der Waals surface area contributed by atoms with Crippen LogP contribution in [-0.2, 0) is 19.0 Å². The first-order valence-corrected chi connectivity index (χ1v) is 5.12. The molecule has 88 valence electrons. The summed E-state index contributed by atoms with van der Waals surface area (Å²) >= 11 is 0. The monoisotopic (exact) mass is 227 g/mol. The van der Waals surface area contributed by atoms with Crippen molar-refractivity contribution in [2.24, 2.45) is 11.0 Å². The number of nitrogens with zero attached hydrogens (tertiary/aromatic N) is 3. The molecule has 0 N–H and O–H groups in total. The Morgan fingerprint density at radius 1 is 1.62 bits per heavy atom. The summed E-state index contributed by atoms with van der Waals surface area (Å²) in [6.07, 6.45) is -1.17. The van der Waals surface area contributed by atoms with Gasteiger partial charge in [0.25, 0.3) is 0 Å².